The van der Waals surface area contributed by atoms with Gasteiger partial charge in [-0.1, -0.05) is 45.2 Å². The molecule has 2 aromatic rings. The van der Waals surface area contributed by atoms with Crippen LogP contribution in [-0.4, -0.2) is 22.1 Å². The maximum Gasteiger partial charge on any atom is 0.111 e. The molecule has 20 heavy (non-hydrogen) atoms. The van der Waals surface area contributed by atoms with Crippen LogP contribution < -0.4 is 5.32 Å². The molecule has 0 saturated heterocycles. The van der Waals surface area contributed by atoms with Crippen molar-refractivity contribution in [2.45, 2.75) is 52.0 Å². The lowest BCUT2D eigenvalue weighted by atomic mass is 10.1. The number of aromatic nitrogens is 2. The molecule has 0 aliphatic heterocycles. The maximum atomic E-state index is 4.79. The molecular formula is C17H27N3. The van der Waals surface area contributed by atoms with E-state index >= 15 is 0 Å². The molecule has 1 atom stereocenters. The van der Waals surface area contributed by atoms with Crippen LogP contribution >= 0.6 is 0 Å². The van der Waals surface area contributed by atoms with Gasteiger partial charge in [0.25, 0.3) is 0 Å². The Morgan fingerprint density at radius 1 is 1.20 bits per heavy atom. The van der Waals surface area contributed by atoms with E-state index in [-0.39, 0.29) is 0 Å². The van der Waals surface area contributed by atoms with Crippen molar-refractivity contribution in [3.8, 4) is 0 Å². The molecule has 1 aromatic heterocycles. The zero-order valence-electron chi connectivity index (χ0n) is 13.0. The van der Waals surface area contributed by atoms with E-state index in [1.54, 1.807) is 0 Å². The number of fused-ring (bicyclic) bond motifs is 1. The Hall–Kier alpha value is -1.35. The lowest BCUT2D eigenvalue weighted by molar-refractivity contribution is 0.456. The van der Waals surface area contributed by atoms with Crippen LogP contribution in [0.1, 0.15) is 45.4 Å². The second-order valence-corrected chi connectivity index (χ2v) is 5.53. The highest BCUT2D eigenvalue weighted by atomic mass is 15.1. The van der Waals surface area contributed by atoms with Crippen molar-refractivity contribution >= 4 is 11.0 Å². The minimum Gasteiger partial charge on any atom is -0.331 e. The molecule has 2 rings (SSSR count). The summed E-state index contributed by atoms with van der Waals surface area (Å²) < 4.78 is 2.24. The first-order chi connectivity index (χ1) is 9.76. The smallest absolute Gasteiger partial charge is 0.111 e. The Balaban J connectivity index is 2.09. The highest BCUT2D eigenvalue weighted by Gasteiger charge is 2.13. The van der Waals surface area contributed by atoms with Crippen LogP contribution in [0.25, 0.3) is 11.0 Å². The SMILES string of the molecule is CCCCCC(Cc1nc2ccccc2n1C)NCC. The third-order valence-electron chi connectivity index (χ3n) is 3.96. The van der Waals surface area contributed by atoms with Crippen LogP contribution in [0.5, 0.6) is 0 Å². The van der Waals surface area contributed by atoms with Crippen LogP contribution in [0, 0.1) is 0 Å². The molecule has 0 aliphatic rings. The van der Waals surface area contributed by atoms with Crippen LogP contribution in [0.3, 0.4) is 0 Å². The fourth-order valence-electron chi connectivity index (χ4n) is 2.80. The van der Waals surface area contributed by atoms with Gasteiger partial charge in [0.2, 0.25) is 0 Å². The third-order valence-corrected chi connectivity index (χ3v) is 3.96. The number of hydrogen-bond donors (Lipinski definition) is 1. The predicted molar refractivity (Wildman–Crippen MR) is 86.0 cm³/mol. The van der Waals surface area contributed by atoms with Crippen molar-refractivity contribution in [1.29, 1.82) is 0 Å². The van der Waals surface area contributed by atoms with Crippen molar-refractivity contribution < 1.29 is 0 Å². The monoisotopic (exact) mass is 273 g/mol. The van der Waals surface area contributed by atoms with Gasteiger partial charge in [-0.2, -0.15) is 0 Å². The Kier molecular flexibility index (Phi) is 5.60. The molecule has 3 nitrogen and oxygen atoms in total. The Morgan fingerprint density at radius 2 is 2.00 bits per heavy atom. The molecule has 110 valence electrons. The highest BCUT2D eigenvalue weighted by molar-refractivity contribution is 5.75. The van der Waals surface area contributed by atoms with Gasteiger partial charge in [0.15, 0.2) is 0 Å². The van der Waals surface area contributed by atoms with E-state index in [1.165, 1.54) is 37.0 Å². The number of unbranched alkanes of at least 4 members (excludes halogenated alkanes) is 2. The number of rotatable bonds is 8. The largest absolute Gasteiger partial charge is 0.331 e. The number of nitrogens with zero attached hydrogens (tertiary/aromatic N) is 2. The molecule has 1 aromatic carbocycles. The number of para-hydroxylation sites is 2. The number of benzene rings is 1. The average Bonchev–Trinajstić information content (AvgIpc) is 2.76. The average molecular weight is 273 g/mol. The second kappa shape index (κ2) is 7.44. The van der Waals surface area contributed by atoms with Crippen LogP contribution in [0.2, 0.25) is 0 Å². The summed E-state index contributed by atoms with van der Waals surface area (Å²) in [6, 6.07) is 8.92. The van der Waals surface area contributed by atoms with Crippen molar-refractivity contribution in [2.75, 3.05) is 6.54 Å². The van der Waals surface area contributed by atoms with Gasteiger partial charge in [0.1, 0.15) is 5.82 Å². The third kappa shape index (κ3) is 3.60. The summed E-state index contributed by atoms with van der Waals surface area (Å²) in [4.78, 5) is 4.79. The molecule has 0 spiro atoms. The Morgan fingerprint density at radius 3 is 2.70 bits per heavy atom. The zero-order valence-corrected chi connectivity index (χ0v) is 13.0. The first-order valence-electron chi connectivity index (χ1n) is 7.90. The van der Waals surface area contributed by atoms with E-state index in [1.807, 2.05) is 0 Å². The molecule has 3 heteroatoms. The van der Waals surface area contributed by atoms with Crippen LogP contribution in [0.15, 0.2) is 24.3 Å². The number of aryl methyl sites for hydroxylation is 1. The van der Waals surface area contributed by atoms with Gasteiger partial charge in [-0.15, -0.1) is 0 Å². The number of imidazole rings is 1. The molecule has 0 fully saturated rings. The zero-order chi connectivity index (χ0) is 14.4. The van der Waals surface area contributed by atoms with Crippen LogP contribution in [0.4, 0.5) is 0 Å². The van der Waals surface area contributed by atoms with E-state index in [4.69, 9.17) is 4.98 Å². The molecule has 0 bridgehead atoms. The Labute approximate surface area is 122 Å². The van der Waals surface area contributed by atoms with Crippen LogP contribution in [-0.2, 0) is 13.5 Å². The van der Waals surface area contributed by atoms with E-state index in [9.17, 15) is 0 Å². The number of likely N-dealkylation sites (N-methyl/N-ethyl adjacent to an activating group) is 1. The van der Waals surface area contributed by atoms with Gasteiger partial charge >= 0.3 is 0 Å². The quantitative estimate of drug-likeness (QED) is 0.744. The van der Waals surface area contributed by atoms with Crippen molar-refractivity contribution in [3.63, 3.8) is 0 Å². The molecule has 0 aliphatic carbocycles. The fraction of sp³-hybridized carbons (Fsp3) is 0.588. The van der Waals surface area contributed by atoms with Crippen molar-refractivity contribution in [3.05, 3.63) is 30.1 Å². The summed E-state index contributed by atoms with van der Waals surface area (Å²) >= 11 is 0. The Bertz CT molecular complexity index is 530. The lowest BCUT2D eigenvalue weighted by Crippen LogP contribution is -2.31. The van der Waals surface area contributed by atoms with Gasteiger partial charge in [-0.25, -0.2) is 4.98 Å². The predicted octanol–water partition coefficient (Wildman–Crippen LogP) is 3.67. The molecule has 0 saturated carbocycles. The molecule has 1 heterocycles. The summed E-state index contributed by atoms with van der Waals surface area (Å²) in [6.45, 7) is 5.47. The molecule has 0 amide bonds. The summed E-state index contributed by atoms with van der Waals surface area (Å²) in [6.07, 6.45) is 6.17. The van der Waals surface area contributed by atoms with Crippen molar-refractivity contribution in [1.82, 2.24) is 14.9 Å². The minimum absolute atomic E-state index is 0.544. The highest BCUT2D eigenvalue weighted by Crippen LogP contribution is 2.16. The summed E-state index contributed by atoms with van der Waals surface area (Å²) in [5.74, 6) is 1.19. The van der Waals surface area contributed by atoms with E-state index in [2.05, 4.69) is 55.0 Å². The topological polar surface area (TPSA) is 29.9 Å². The standard InChI is InChI=1S/C17H27N3/c1-4-6-7-10-14(18-5-2)13-17-19-15-11-8-9-12-16(15)20(17)3/h8-9,11-12,14,18H,4-7,10,13H2,1-3H3. The fourth-order valence-corrected chi connectivity index (χ4v) is 2.80. The van der Waals surface area contributed by atoms with Crippen molar-refractivity contribution in [2.24, 2.45) is 7.05 Å². The minimum atomic E-state index is 0.544. The first kappa shape index (κ1) is 15.0. The lowest BCUT2D eigenvalue weighted by Gasteiger charge is -2.17. The van der Waals surface area contributed by atoms with E-state index in [0.717, 1.165) is 18.5 Å². The summed E-state index contributed by atoms with van der Waals surface area (Å²) in [5, 5.41) is 3.61. The summed E-state index contributed by atoms with van der Waals surface area (Å²) in [5.41, 5.74) is 2.33. The van der Waals surface area contributed by atoms with Gasteiger partial charge in [0.05, 0.1) is 11.0 Å². The summed E-state index contributed by atoms with van der Waals surface area (Å²) in [7, 11) is 2.12. The second-order valence-electron chi connectivity index (χ2n) is 5.53. The van der Waals surface area contributed by atoms with E-state index < -0.39 is 0 Å². The molecule has 1 unspecified atom stereocenters. The van der Waals surface area contributed by atoms with Gasteiger partial charge < -0.3 is 9.88 Å². The van der Waals surface area contributed by atoms with E-state index in [0.29, 0.717) is 6.04 Å². The van der Waals surface area contributed by atoms with Gasteiger partial charge in [0, 0.05) is 19.5 Å². The normalized spacial score (nSPS) is 12.9. The molecule has 0 radical (unpaired) electrons. The number of hydrogen-bond acceptors (Lipinski definition) is 2. The van der Waals surface area contributed by atoms with Gasteiger partial charge in [-0.3, -0.25) is 0 Å². The first-order valence-corrected chi connectivity index (χ1v) is 7.90. The van der Waals surface area contributed by atoms with Gasteiger partial charge in [-0.05, 0) is 25.1 Å². The maximum absolute atomic E-state index is 4.79. The molecule has 1 N–H and O–H groups in total. The number of nitrogens with one attached hydrogen (secondary N) is 1. The molecular weight excluding hydrogens is 246 g/mol.